The van der Waals surface area contributed by atoms with E-state index in [0.717, 1.165) is 11.1 Å². The standard InChI is InChI=1S/C17H28NO5P/c1-13-8-10-14(11-9-13)12-21-15(19)18-24(20,22-16(2,3)4)23-17(5,6)7/h8-11,20H,12H2,1-7H3. The predicted octanol–water partition coefficient (Wildman–Crippen LogP) is 5.20. The van der Waals surface area contributed by atoms with Gasteiger partial charge in [-0.2, -0.15) is 0 Å². The van der Waals surface area contributed by atoms with Crippen molar-refractivity contribution in [1.29, 1.82) is 0 Å². The van der Waals surface area contributed by atoms with Gasteiger partial charge in [-0.05, 0) is 54.0 Å². The average Bonchev–Trinajstić information content (AvgIpc) is 2.32. The molecule has 136 valence electrons. The van der Waals surface area contributed by atoms with Gasteiger partial charge in [0.05, 0.1) is 11.2 Å². The summed E-state index contributed by atoms with van der Waals surface area (Å²) in [6, 6.07) is 7.58. The maximum atomic E-state index is 12.0. The van der Waals surface area contributed by atoms with Gasteiger partial charge in [0, 0.05) is 0 Å². The van der Waals surface area contributed by atoms with Crippen molar-refractivity contribution in [3.63, 3.8) is 0 Å². The van der Waals surface area contributed by atoms with Crippen molar-refractivity contribution in [2.24, 2.45) is 4.74 Å². The van der Waals surface area contributed by atoms with E-state index in [1.807, 2.05) is 31.2 Å². The lowest BCUT2D eigenvalue weighted by Gasteiger charge is -2.31. The van der Waals surface area contributed by atoms with Gasteiger partial charge in [0.15, 0.2) is 0 Å². The molecule has 1 amide bonds. The van der Waals surface area contributed by atoms with Gasteiger partial charge in [0.1, 0.15) is 6.61 Å². The van der Waals surface area contributed by atoms with Crippen molar-refractivity contribution in [1.82, 2.24) is 0 Å². The largest absolute Gasteiger partial charge is 0.443 e. The fourth-order valence-electron chi connectivity index (χ4n) is 1.73. The lowest BCUT2D eigenvalue weighted by molar-refractivity contribution is 0.0380. The molecular weight excluding hydrogens is 329 g/mol. The van der Waals surface area contributed by atoms with Gasteiger partial charge in [-0.15, -0.1) is 4.74 Å². The van der Waals surface area contributed by atoms with E-state index in [1.165, 1.54) is 0 Å². The summed E-state index contributed by atoms with van der Waals surface area (Å²) >= 11 is 0. The topological polar surface area (TPSA) is 77.4 Å². The van der Waals surface area contributed by atoms with Gasteiger partial charge in [-0.25, -0.2) is 4.79 Å². The van der Waals surface area contributed by atoms with Crippen molar-refractivity contribution < 1.29 is 23.5 Å². The Hall–Kier alpha value is -1.20. The van der Waals surface area contributed by atoms with Crippen molar-refractivity contribution >= 4 is 13.8 Å². The molecule has 1 aromatic carbocycles. The number of carbonyl (C=O) groups is 1. The molecule has 6 nitrogen and oxygen atoms in total. The zero-order chi connectivity index (χ0) is 18.6. The second kappa shape index (κ2) is 7.79. The Morgan fingerprint density at radius 2 is 1.50 bits per heavy atom. The quantitative estimate of drug-likeness (QED) is 0.749. The molecule has 0 saturated carbocycles. The summed E-state index contributed by atoms with van der Waals surface area (Å²) < 4.78 is 19.8. The van der Waals surface area contributed by atoms with Gasteiger partial charge in [0.25, 0.3) is 0 Å². The lowest BCUT2D eigenvalue weighted by Crippen LogP contribution is -2.24. The second-order valence-electron chi connectivity index (χ2n) is 7.54. The second-order valence-corrected chi connectivity index (χ2v) is 9.08. The van der Waals surface area contributed by atoms with E-state index >= 15 is 0 Å². The molecule has 1 rings (SSSR count). The Kier molecular flexibility index (Phi) is 6.76. The minimum absolute atomic E-state index is 0.0631. The smallest absolute Gasteiger partial charge is 0.438 e. The monoisotopic (exact) mass is 357 g/mol. The van der Waals surface area contributed by atoms with Crippen LogP contribution in [-0.2, 0) is 20.4 Å². The number of carbonyl (C=O) groups excluding carboxylic acids is 1. The molecule has 0 aromatic heterocycles. The number of benzene rings is 1. The fourth-order valence-corrected chi connectivity index (χ4v) is 3.54. The van der Waals surface area contributed by atoms with Crippen LogP contribution in [0.25, 0.3) is 0 Å². The summed E-state index contributed by atoms with van der Waals surface area (Å²) in [5.74, 6) is 0. The first-order valence-electron chi connectivity index (χ1n) is 7.77. The Morgan fingerprint density at radius 3 is 1.92 bits per heavy atom. The van der Waals surface area contributed by atoms with Crippen molar-refractivity contribution in [2.45, 2.75) is 66.3 Å². The third kappa shape index (κ3) is 8.60. The lowest BCUT2D eigenvalue weighted by atomic mass is 10.2. The van der Waals surface area contributed by atoms with Gasteiger partial charge in [-0.3, -0.25) is 9.05 Å². The number of hydrogen-bond donors (Lipinski definition) is 1. The zero-order valence-electron chi connectivity index (χ0n) is 15.5. The molecule has 24 heavy (non-hydrogen) atoms. The number of aryl methyl sites for hydroxylation is 1. The number of amides is 1. The highest BCUT2D eigenvalue weighted by atomic mass is 31.2. The van der Waals surface area contributed by atoms with E-state index in [2.05, 4.69) is 4.74 Å². The van der Waals surface area contributed by atoms with Crippen LogP contribution in [0.15, 0.2) is 29.0 Å². The van der Waals surface area contributed by atoms with E-state index in [9.17, 15) is 9.69 Å². The maximum absolute atomic E-state index is 12.0. The molecule has 0 spiro atoms. The zero-order valence-corrected chi connectivity index (χ0v) is 16.4. The number of hydrogen-bond acceptors (Lipinski definition) is 4. The molecule has 0 bridgehead atoms. The molecule has 0 radical (unpaired) electrons. The van der Waals surface area contributed by atoms with Crippen LogP contribution in [0.2, 0.25) is 0 Å². The van der Waals surface area contributed by atoms with E-state index < -0.39 is 25.0 Å². The van der Waals surface area contributed by atoms with E-state index in [-0.39, 0.29) is 6.61 Å². The first-order valence-corrected chi connectivity index (χ1v) is 9.30. The van der Waals surface area contributed by atoms with Gasteiger partial charge >= 0.3 is 13.8 Å². The third-order valence-corrected chi connectivity index (χ3v) is 4.46. The van der Waals surface area contributed by atoms with Gasteiger partial charge in [-0.1, -0.05) is 29.8 Å². The van der Waals surface area contributed by atoms with Crippen LogP contribution in [0.4, 0.5) is 4.79 Å². The highest BCUT2D eigenvalue weighted by Gasteiger charge is 2.33. The molecule has 0 saturated heterocycles. The molecule has 0 atom stereocenters. The minimum Gasteiger partial charge on any atom is -0.443 e. The summed E-state index contributed by atoms with van der Waals surface area (Å²) in [5, 5.41) is 0. The third-order valence-electron chi connectivity index (χ3n) is 2.48. The van der Waals surface area contributed by atoms with Crippen LogP contribution in [0.3, 0.4) is 0 Å². The molecule has 0 aliphatic rings. The Bertz CT molecular complexity index is 591. The van der Waals surface area contributed by atoms with Crippen LogP contribution in [0.1, 0.15) is 52.7 Å². The van der Waals surface area contributed by atoms with Gasteiger partial charge in [0.2, 0.25) is 0 Å². The predicted molar refractivity (Wildman–Crippen MR) is 94.6 cm³/mol. The molecule has 0 aliphatic heterocycles. The molecule has 1 N–H and O–H groups in total. The molecular formula is C17H28NO5P. The Morgan fingerprint density at radius 1 is 1.04 bits per heavy atom. The van der Waals surface area contributed by atoms with Crippen LogP contribution < -0.4 is 0 Å². The Labute approximate surface area is 144 Å². The number of ether oxygens (including phenoxy) is 1. The highest BCUT2D eigenvalue weighted by molar-refractivity contribution is 7.50. The summed E-state index contributed by atoms with van der Waals surface area (Å²) in [7, 11) is -3.75. The number of nitrogens with zero attached hydrogens (tertiary/aromatic N) is 1. The molecule has 7 heteroatoms. The van der Waals surface area contributed by atoms with Crippen molar-refractivity contribution in [2.75, 3.05) is 0 Å². The van der Waals surface area contributed by atoms with Crippen LogP contribution in [0, 0.1) is 6.92 Å². The normalized spacial score (nSPS) is 12.8. The summed E-state index contributed by atoms with van der Waals surface area (Å²) in [6.45, 7) is 12.5. The maximum Gasteiger partial charge on any atom is 0.438 e. The highest BCUT2D eigenvalue weighted by Crippen LogP contribution is 2.53. The molecule has 0 fully saturated rings. The van der Waals surface area contributed by atoms with Crippen molar-refractivity contribution in [3.05, 3.63) is 35.4 Å². The molecule has 0 unspecified atom stereocenters. The average molecular weight is 357 g/mol. The van der Waals surface area contributed by atoms with Crippen LogP contribution in [0.5, 0.6) is 0 Å². The van der Waals surface area contributed by atoms with E-state index in [4.69, 9.17) is 13.8 Å². The minimum atomic E-state index is -3.75. The van der Waals surface area contributed by atoms with E-state index in [1.54, 1.807) is 41.5 Å². The van der Waals surface area contributed by atoms with E-state index in [0.29, 0.717) is 0 Å². The van der Waals surface area contributed by atoms with Gasteiger partial charge < -0.3 is 9.63 Å². The summed E-state index contributed by atoms with van der Waals surface area (Å²) in [5.41, 5.74) is 0.495. The van der Waals surface area contributed by atoms with Crippen molar-refractivity contribution in [3.8, 4) is 0 Å². The number of rotatable bonds is 4. The molecule has 1 aromatic rings. The van der Waals surface area contributed by atoms with Crippen LogP contribution in [-0.4, -0.2) is 22.2 Å². The molecule has 0 heterocycles. The summed E-state index contributed by atoms with van der Waals surface area (Å²) in [6.07, 6.45) is -0.917. The molecule has 0 aliphatic carbocycles. The first kappa shape index (κ1) is 20.8. The van der Waals surface area contributed by atoms with Crippen LogP contribution >= 0.6 is 7.74 Å². The fraction of sp³-hybridized carbons (Fsp3) is 0.588. The summed E-state index contributed by atoms with van der Waals surface area (Å²) in [4.78, 5) is 22.6. The SMILES string of the molecule is Cc1ccc(COC(=O)N=P(O)(OC(C)(C)C)OC(C)(C)C)cc1. The first-order chi connectivity index (χ1) is 10.8. The Balaban J connectivity index is 2.87.